The number of hydrogen-bond acceptors (Lipinski definition) is 4. The van der Waals surface area contributed by atoms with Crippen LogP contribution in [0.25, 0.3) is 0 Å². The van der Waals surface area contributed by atoms with E-state index >= 15 is 0 Å². The maximum atomic E-state index is 12.2. The smallest absolute Gasteiger partial charge is 0.168 e. The molecule has 3 aliphatic rings. The summed E-state index contributed by atoms with van der Waals surface area (Å²) in [5.74, 6) is -0.0828. The summed E-state index contributed by atoms with van der Waals surface area (Å²) in [7, 11) is 0. The van der Waals surface area contributed by atoms with Gasteiger partial charge in [-0.2, -0.15) is 0 Å². The molecular formula is C18H28O4. The second-order valence-corrected chi connectivity index (χ2v) is 7.85. The van der Waals surface area contributed by atoms with Crippen molar-refractivity contribution < 1.29 is 19.4 Å². The van der Waals surface area contributed by atoms with E-state index in [2.05, 4.69) is 6.92 Å². The quantitative estimate of drug-likeness (QED) is 0.867. The Morgan fingerprint density at radius 2 is 2.05 bits per heavy atom. The zero-order valence-electron chi connectivity index (χ0n) is 13.8. The number of carbonyl (C=O) groups excluding carboxylic acids is 2. The number of carbonyl (C=O) groups is 2. The van der Waals surface area contributed by atoms with Crippen LogP contribution in [0.15, 0.2) is 0 Å². The van der Waals surface area contributed by atoms with Crippen molar-refractivity contribution in [1.29, 1.82) is 0 Å². The van der Waals surface area contributed by atoms with Crippen LogP contribution in [0.2, 0.25) is 0 Å². The third-order valence-electron chi connectivity index (χ3n) is 6.43. The number of ketones is 2. The van der Waals surface area contributed by atoms with E-state index in [0.29, 0.717) is 25.0 Å². The molecule has 2 saturated carbocycles. The second kappa shape index (κ2) is 5.72. The number of aliphatic hydroxyl groups is 1. The predicted molar refractivity (Wildman–Crippen MR) is 82.2 cm³/mol. The molecule has 4 heteroatoms. The van der Waals surface area contributed by atoms with E-state index in [1.165, 1.54) is 0 Å². The first-order chi connectivity index (χ1) is 10.3. The molecule has 0 aromatic carbocycles. The molecule has 3 rings (SSSR count). The highest BCUT2D eigenvalue weighted by molar-refractivity contribution is 5.87. The molecule has 1 saturated heterocycles. The fraction of sp³-hybridized carbons (Fsp3) is 0.889. The van der Waals surface area contributed by atoms with Crippen LogP contribution >= 0.6 is 0 Å². The van der Waals surface area contributed by atoms with Gasteiger partial charge in [0.05, 0.1) is 6.10 Å². The van der Waals surface area contributed by atoms with Gasteiger partial charge in [0, 0.05) is 30.6 Å². The van der Waals surface area contributed by atoms with Crippen LogP contribution in [-0.4, -0.2) is 28.6 Å². The van der Waals surface area contributed by atoms with E-state index < -0.39 is 5.79 Å². The van der Waals surface area contributed by atoms with Gasteiger partial charge in [-0.25, -0.2) is 0 Å². The Labute approximate surface area is 132 Å². The van der Waals surface area contributed by atoms with Gasteiger partial charge < -0.3 is 14.6 Å². The highest BCUT2D eigenvalue weighted by atomic mass is 16.6. The van der Waals surface area contributed by atoms with E-state index in [-0.39, 0.29) is 29.1 Å². The second-order valence-electron chi connectivity index (χ2n) is 7.85. The molecule has 4 unspecified atom stereocenters. The third kappa shape index (κ3) is 2.65. The third-order valence-corrected chi connectivity index (χ3v) is 6.43. The van der Waals surface area contributed by atoms with Gasteiger partial charge in [-0.15, -0.1) is 0 Å². The lowest BCUT2D eigenvalue weighted by Gasteiger charge is -2.53. The average molecular weight is 308 g/mol. The minimum Gasteiger partial charge on any atom is -0.365 e. The van der Waals surface area contributed by atoms with Crippen LogP contribution in [0.5, 0.6) is 0 Å². The Hall–Kier alpha value is -0.740. The van der Waals surface area contributed by atoms with Crippen molar-refractivity contribution in [3.8, 4) is 0 Å². The predicted octanol–water partition coefficient (Wildman–Crippen LogP) is 3.01. The molecule has 0 bridgehead atoms. The summed E-state index contributed by atoms with van der Waals surface area (Å²) in [6, 6.07) is 0. The van der Waals surface area contributed by atoms with Crippen molar-refractivity contribution in [3.63, 3.8) is 0 Å². The molecule has 1 heterocycles. The van der Waals surface area contributed by atoms with Crippen LogP contribution in [0.1, 0.15) is 71.6 Å². The van der Waals surface area contributed by atoms with Gasteiger partial charge in [-0.3, -0.25) is 4.79 Å². The first-order valence-electron chi connectivity index (χ1n) is 8.78. The summed E-state index contributed by atoms with van der Waals surface area (Å²) in [5.41, 5.74) is -0.234. The van der Waals surface area contributed by atoms with Crippen LogP contribution in [0.3, 0.4) is 0 Å². The van der Waals surface area contributed by atoms with Gasteiger partial charge in [-0.05, 0) is 51.4 Å². The van der Waals surface area contributed by atoms with Gasteiger partial charge in [0.1, 0.15) is 11.6 Å². The van der Waals surface area contributed by atoms with Crippen LogP contribution in [0, 0.1) is 17.3 Å². The zero-order chi connectivity index (χ0) is 16.0. The average Bonchev–Trinajstić information content (AvgIpc) is 2.74. The minimum atomic E-state index is -1.05. The molecular weight excluding hydrogens is 280 g/mol. The summed E-state index contributed by atoms with van der Waals surface area (Å²) in [4.78, 5) is 23.3. The van der Waals surface area contributed by atoms with E-state index in [9.17, 15) is 14.7 Å². The Morgan fingerprint density at radius 3 is 2.77 bits per heavy atom. The maximum Gasteiger partial charge on any atom is 0.168 e. The van der Waals surface area contributed by atoms with Gasteiger partial charge in [0.2, 0.25) is 0 Å². The summed E-state index contributed by atoms with van der Waals surface area (Å²) >= 11 is 0. The lowest BCUT2D eigenvalue weighted by Crippen LogP contribution is -2.57. The molecule has 2 aliphatic carbocycles. The SMILES string of the molecule is CC(=O)CCCC1CCC2C3CCC(=O)[C@]3(C)CCC2(O)O1. The number of ether oxygens (including phenoxy) is 1. The van der Waals surface area contributed by atoms with Crippen LogP contribution < -0.4 is 0 Å². The highest BCUT2D eigenvalue weighted by Crippen LogP contribution is 2.58. The summed E-state index contributed by atoms with van der Waals surface area (Å²) < 4.78 is 6.08. The fourth-order valence-electron chi connectivity index (χ4n) is 5.07. The van der Waals surface area contributed by atoms with Crippen molar-refractivity contribution in [2.45, 2.75) is 83.5 Å². The van der Waals surface area contributed by atoms with Crippen molar-refractivity contribution in [1.82, 2.24) is 0 Å². The molecule has 0 radical (unpaired) electrons. The van der Waals surface area contributed by atoms with Crippen molar-refractivity contribution in [2.75, 3.05) is 0 Å². The van der Waals surface area contributed by atoms with E-state index in [1.807, 2.05) is 0 Å². The Balaban J connectivity index is 1.65. The minimum absolute atomic E-state index is 0.0575. The summed E-state index contributed by atoms with van der Waals surface area (Å²) in [5, 5.41) is 11.0. The monoisotopic (exact) mass is 308 g/mol. The molecule has 5 atom stereocenters. The number of fused-ring (bicyclic) bond motifs is 3. The molecule has 0 aromatic heterocycles. The highest BCUT2D eigenvalue weighted by Gasteiger charge is 2.60. The van der Waals surface area contributed by atoms with Gasteiger partial charge in [-0.1, -0.05) is 6.92 Å². The number of hydrogen-bond donors (Lipinski definition) is 1. The standard InChI is InChI=1S/C18H28O4/c1-12(19)4-3-5-13-6-7-15-14-8-9-16(20)17(14,2)10-11-18(15,21)22-13/h13-15,21H,3-11H2,1-2H3/t13?,14?,15?,17-,18?/m1/s1. The Bertz CT molecular complexity index is 474. The maximum absolute atomic E-state index is 12.2. The van der Waals surface area contributed by atoms with Crippen molar-refractivity contribution in [3.05, 3.63) is 0 Å². The molecule has 124 valence electrons. The normalized spacial score (nSPS) is 44.5. The van der Waals surface area contributed by atoms with E-state index in [4.69, 9.17) is 4.74 Å². The van der Waals surface area contributed by atoms with E-state index in [1.54, 1.807) is 6.92 Å². The number of rotatable bonds is 4. The molecule has 0 spiro atoms. The topological polar surface area (TPSA) is 63.6 Å². The van der Waals surface area contributed by atoms with Gasteiger partial charge in [0.25, 0.3) is 0 Å². The van der Waals surface area contributed by atoms with Gasteiger partial charge >= 0.3 is 0 Å². The van der Waals surface area contributed by atoms with E-state index in [0.717, 1.165) is 38.5 Å². The lowest BCUT2D eigenvalue weighted by molar-refractivity contribution is -0.315. The molecule has 0 aromatic rings. The number of Topliss-reactive ketones (excluding diaryl/α,β-unsaturated/α-hetero) is 2. The van der Waals surface area contributed by atoms with Gasteiger partial charge in [0.15, 0.2) is 5.79 Å². The molecule has 1 aliphatic heterocycles. The Morgan fingerprint density at radius 1 is 1.27 bits per heavy atom. The Kier molecular flexibility index (Phi) is 4.19. The van der Waals surface area contributed by atoms with Crippen molar-refractivity contribution >= 4 is 11.6 Å². The zero-order valence-corrected chi connectivity index (χ0v) is 13.8. The first kappa shape index (κ1) is 16.1. The first-order valence-corrected chi connectivity index (χ1v) is 8.78. The lowest BCUT2D eigenvalue weighted by atomic mass is 9.59. The molecule has 0 amide bonds. The van der Waals surface area contributed by atoms with Crippen LogP contribution in [-0.2, 0) is 14.3 Å². The molecule has 1 N–H and O–H groups in total. The summed E-state index contributed by atoms with van der Waals surface area (Å²) in [6.07, 6.45) is 7.08. The largest absolute Gasteiger partial charge is 0.365 e. The molecule has 4 nitrogen and oxygen atoms in total. The fourth-order valence-corrected chi connectivity index (χ4v) is 5.07. The van der Waals surface area contributed by atoms with Crippen molar-refractivity contribution in [2.24, 2.45) is 17.3 Å². The molecule has 22 heavy (non-hydrogen) atoms. The van der Waals surface area contributed by atoms with Crippen LogP contribution in [0.4, 0.5) is 0 Å². The molecule has 3 fully saturated rings. The summed E-state index contributed by atoms with van der Waals surface area (Å²) in [6.45, 7) is 3.70.